The van der Waals surface area contributed by atoms with Crippen LogP contribution in [-0.2, 0) is 6.54 Å². The predicted octanol–water partition coefficient (Wildman–Crippen LogP) is -2.71. The number of aromatic amines is 1. The summed E-state index contributed by atoms with van der Waals surface area (Å²) in [5, 5.41) is 31.9. The number of rotatable bonds is 4. The van der Waals surface area contributed by atoms with Crippen molar-refractivity contribution < 1.29 is 15.3 Å². The molecule has 0 saturated carbocycles. The van der Waals surface area contributed by atoms with E-state index in [1.165, 1.54) is 10.8 Å². The van der Waals surface area contributed by atoms with Crippen LogP contribution in [0.3, 0.4) is 0 Å². The zero-order valence-electron chi connectivity index (χ0n) is 11.1. The van der Waals surface area contributed by atoms with Gasteiger partial charge in [0.2, 0.25) is 0 Å². The van der Waals surface area contributed by atoms with E-state index >= 15 is 0 Å². The molecule has 2 heterocycles. The van der Waals surface area contributed by atoms with E-state index in [2.05, 4.69) is 10.3 Å². The largest absolute Gasteiger partial charge is 0.391 e. The maximum atomic E-state index is 11.6. The molecule has 0 amide bonds. The molecule has 4 atom stereocenters. The molecule has 1 aliphatic heterocycles. The number of nitrogens with zero attached hydrogens (tertiary/aromatic N) is 1. The van der Waals surface area contributed by atoms with Crippen molar-refractivity contribution in [3.8, 4) is 0 Å². The van der Waals surface area contributed by atoms with Crippen molar-refractivity contribution in [2.75, 3.05) is 6.54 Å². The molecule has 0 aromatic carbocycles. The van der Waals surface area contributed by atoms with Crippen molar-refractivity contribution in [3.05, 3.63) is 32.6 Å². The molecule has 112 valence electrons. The molecule has 0 bridgehead atoms. The van der Waals surface area contributed by atoms with Crippen LogP contribution in [0.4, 0.5) is 0 Å². The first-order valence-electron chi connectivity index (χ1n) is 6.46. The number of hydrogen-bond donors (Lipinski definition) is 5. The van der Waals surface area contributed by atoms with E-state index in [1.54, 1.807) is 6.92 Å². The predicted molar refractivity (Wildman–Crippen MR) is 70.5 cm³/mol. The highest BCUT2D eigenvalue weighted by Crippen LogP contribution is 2.13. The molecule has 8 heteroatoms. The van der Waals surface area contributed by atoms with E-state index < -0.39 is 35.6 Å². The molecule has 0 unspecified atom stereocenters. The zero-order valence-corrected chi connectivity index (χ0v) is 11.1. The summed E-state index contributed by atoms with van der Waals surface area (Å²) in [5.74, 6) is 0. The summed E-state index contributed by atoms with van der Waals surface area (Å²) in [5.41, 5.74) is -0.650. The van der Waals surface area contributed by atoms with E-state index in [9.17, 15) is 24.9 Å². The number of H-pyrrole nitrogens is 1. The smallest absolute Gasteiger partial charge is 0.328 e. The van der Waals surface area contributed by atoms with Crippen LogP contribution >= 0.6 is 0 Å². The lowest BCUT2D eigenvalue weighted by molar-refractivity contribution is 0.0270. The molecule has 5 N–H and O–H groups in total. The maximum absolute atomic E-state index is 11.6. The van der Waals surface area contributed by atoms with Gasteiger partial charge in [-0.15, -0.1) is 0 Å². The quantitative estimate of drug-likeness (QED) is 0.409. The Bertz CT molecular complexity index is 581. The number of hydrogen-bond acceptors (Lipinski definition) is 6. The molecular weight excluding hydrogens is 266 g/mol. The molecule has 20 heavy (non-hydrogen) atoms. The van der Waals surface area contributed by atoms with Crippen LogP contribution < -0.4 is 16.6 Å². The maximum Gasteiger partial charge on any atom is 0.328 e. The SMILES string of the molecule is Cc1cn(C[C@@H](O)C[C@@H]2NC[C@H](O)[C@H]2O)c(=O)[nH]c1=O. The topological polar surface area (TPSA) is 128 Å². The third-order valence-corrected chi connectivity index (χ3v) is 3.52. The minimum Gasteiger partial charge on any atom is -0.391 e. The molecule has 0 aliphatic carbocycles. The van der Waals surface area contributed by atoms with Gasteiger partial charge in [0.15, 0.2) is 0 Å². The van der Waals surface area contributed by atoms with Crippen LogP contribution in [0.1, 0.15) is 12.0 Å². The zero-order chi connectivity index (χ0) is 14.9. The van der Waals surface area contributed by atoms with Crippen molar-refractivity contribution in [1.29, 1.82) is 0 Å². The minimum absolute atomic E-state index is 0.0114. The number of nitrogens with one attached hydrogen (secondary N) is 2. The second-order valence-corrected chi connectivity index (χ2v) is 5.19. The summed E-state index contributed by atoms with van der Waals surface area (Å²) >= 11 is 0. The van der Waals surface area contributed by atoms with Crippen LogP contribution in [-0.4, -0.2) is 55.8 Å². The molecule has 1 saturated heterocycles. The fourth-order valence-corrected chi connectivity index (χ4v) is 2.35. The lowest BCUT2D eigenvalue weighted by Crippen LogP contribution is -2.39. The third kappa shape index (κ3) is 3.15. The van der Waals surface area contributed by atoms with Crippen LogP contribution in [0.2, 0.25) is 0 Å². The van der Waals surface area contributed by atoms with E-state index in [-0.39, 0.29) is 19.5 Å². The summed E-state index contributed by atoms with van der Waals surface area (Å²) in [6, 6.07) is -0.417. The van der Waals surface area contributed by atoms with Crippen molar-refractivity contribution >= 4 is 0 Å². The minimum atomic E-state index is -0.932. The van der Waals surface area contributed by atoms with Crippen molar-refractivity contribution in [2.45, 2.75) is 44.2 Å². The Morgan fingerprint density at radius 2 is 2.15 bits per heavy atom. The van der Waals surface area contributed by atoms with Gasteiger partial charge in [0, 0.05) is 24.3 Å². The summed E-state index contributed by atoms with van der Waals surface area (Å²) in [4.78, 5) is 25.0. The third-order valence-electron chi connectivity index (χ3n) is 3.52. The van der Waals surface area contributed by atoms with E-state index in [0.717, 1.165) is 0 Å². The van der Waals surface area contributed by atoms with Gasteiger partial charge in [-0.25, -0.2) is 4.79 Å². The average Bonchev–Trinajstić information content (AvgIpc) is 2.68. The first kappa shape index (κ1) is 14.9. The Morgan fingerprint density at radius 3 is 2.75 bits per heavy atom. The van der Waals surface area contributed by atoms with Crippen LogP contribution in [0, 0.1) is 6.92 Å². The van der Waals surface area contributed by atoms with Gasteiger partial charge < -0.3 is 20.6 Å². The molecule has 0 spiro atoms. The number of aliphatic hydroxyl groups excluding tert-OH is 3. The van der Waals surface area contributed by atoms with Gasteiger partial charge in [0.25, 0.3) is 5.56 Å². The molecule has 8 nitrogen and oxygen atoms in total. The van der Waals surface area contributed by atoms with Gasteiger partial charge in [0.05, 0.1) is 24.9 Å². The second kappa shape index (κ2) is 5.88. The first-order chi connectivity index (χ1) is 9.38. The normalized spacial score (nSPS) is 27.7. The Morgan fingerprint density at radius 1 is 1.45 bits per heavy atom. The van der Waals surface area contributed by atoms with Crippen LogP contribution in [0.25, 0.3) is 0 Å². The number of aliphatic hydroxyl groups is 3. The Balaban J connectivity index is 2.02. The molecule has 2 rings (SSSR count). The highest BCUT2D eigenvalue weighted by Gasteiger charge is 2.34. The molecule has 1 aromatic rings. The molecule has 1 aromatic heterocycles. The van der Waals surface area contributed by atoms with Gasteiger partial charge >= 0.3 is 5.69 Å². The van der Waals surface area contributed by atoms with Crippen molar-refractivity contribution in [1.82, 2.24) is 14.9 Å². The Labute approximate surface area is 114 Å². The Hall–Kier alpha value is -1.48. The summed E-state index contributed by atoms with van der Waals surface area (Å²) in [6.45, 7) is 1.85. The fraction of sp³-hybridized carbons (Fsp3) is 0.667. The van der Waals surface area contributed by atoms with Crippen LogP contribution in [0.5, 0.6) is 0 Å². The summed E-state index contributed by atoms with van der Waals surface area (Å²) in [6.07, 6.45) is -1.07. The Kier molecular flexibility index (Phi) is 4.39. The number of aromatic nitrogens is 2. The highest BCUT2D eigenvalue weighted by molar-refractivity contribution is 5.01. The standard InChI is InChI=1S/C12H19N3O5/c1-6-4-15(12(20)14-11(6)19)5-7(16)2-8-10(18)9(17)3-13-8/h4,7-10,13,16-18H,2-3,5H2,1H3,(H,14,19,20)/t7-,8-,9-,10-/m0/s1. The van der Waals surface area contributed by atoms with E-state index in [0.29, 0.717) is 5.56 Å². The summed E-state index contributed by atoms with van der Waals surface area (Å²) < 4.78 is 1.22. The second-order valence-electron chi connectivity index (χ2n) is 5.19. The van der Waals surface area contributed by atoms with Gasteiger partial charge in [-0.3, -0.25) is 14.3 Å². The van der Waals surface area contributed by atoms with Crippen LogP contribution in [0.15, 0.2) is 15.8 Å². The molecular formula is C12H19N3O5. The lowest BCUT2D eigenvalue weighted by atomic mass is 10.0. The fourth-order valence-electron chi connectivity index (χ4n) is 2.35. The van der Waals surface area contributed by atoms with Gasteiger partial charge in [-0.2, -0.15) is 0 Å². The number of β-amino-alcohol motifs (C(OH)–C–C–N with tert-alkyl or cyclic N) is 1. The molecule has 1 fully saturated rings. The average molecular weight is 285 g/mol. The van der Waals surface area contributed by atoms with Crippen molar-refractivity contribution in [2.24, 2.45) is 0 Å². The first-order valence-corrected chi connectivity index (χ1v) is 6.46. The van der Waals surface area contributed by atoms with Gasteiger partial charge in [-0.05, 0) is 13.3 Å². The van der Waals surface area contributed by atoms with Gasteiger partial charge in [-0.1, -0.05) is 0 Å². The lowest BCUT2D eigenvalue weighted by Gasteiger charge is -2.20. The number of aryl methyl sites for hydroxylation is 1. The monoisotopic (exact) mass is 285 g/mol. The summed E-state index contributed by atoms with van der Waals surface area (Å²) in [7, 11) is 0. The van der Waals surface area contributed by atoms with Crippen molar-refractivity contribution in [3.63, 3.8) is 0 Å². The molecule has 0 radical (unpaired) electrons. The molecule has 1 aliphatic rings. The highest BCUT2D eigenvalue weighted by atomic mass is 16.3. The van der Waals surface area contributed by atoms with E-state index in [1.807, 2.05) is 0 Å². The van der Waals surface area contributed by atoms with E-state index in [4.69, 9.17) is 0 Å². The van der Waals surface area contributed by atoms with Gasteiger partial charge in [0.1, 0.15) is 0 Å².